The lowest BCUT2D eigenvalue weighted by Gasteiger charge is -2.28. The van der Waals surface area contributed by atoms with Crippen molar-refractivity contribution in [1.82, 2.24) is 10.2 Å². The van der Waals surface area contributed by atoms with Crippen LogP contribution in [0, 0.1) is 11.8 Å². The number of carbonyl (C=O) groups excluding carboxylic acids is 1. The zero-order chi connectivity index (χ0) is 14.5. The van der Waals surface area contributed by atoms with Crippen LogP contribution in [0.4, 0.5) is 4.79 Å². The first-order chi connectivity index (χ1) is 9.35. The van der Waals surface area contributed by atoms with Crippen molar-refractivity contribution in [3.05, 3.63) is 0 Å². The summed E-state index contributed by atoms with van der Waals surface area (Å²) in [6, 6.07) is 1.54. The second-order valence-corrected chi connectivity index (χ2v) is 7.91. The fourth-order valence-corrected chi connectivity index (χ4v) is 3.84. The molecule has 114 valence electrons. The highest BCUT2D eigenvalue weighted by Crippen LogP contribution is 2.42. The molecule has 0 aromatic heterocycles. The van der Waals surface area contributed by atoms with Gasteiger partial charge in [0.25, 0.3) is 0 Å². The van der Waals surface area contributed by atoms with E-state index < -0.39 is 5.60 Å². The van der Waals surface area contributed by atoms with E-state index in [9.17, 15) is 4.79 Å². The van der Waals surface area contributed by atoms with Crippen molar-refractivity contribution in [2.45, 2.75) is 77.1 Å². The molecule has 0 aromatic carbocycles. The predicted octanol–water partition coefficient (Wildman–Crippen LogP) is 2.77. The summed E-state index contributed by atoms with van der Waals surface area (Å²) < 4.78 is 5.57. The van der Waals surface area contributed by atoms with E-state index in [-0.39, 0.29) is 6.09 Å². The van der Waals surface area contributed by atoms with Crippen LogP contribution in [0.1, 0.15) is 53.4 Å². The second-order valence-electron chi connectivity index (χ2n) is 7.91. The highest BCUT2D eigenvalue weighted by molar-refractivity contribution is 5.70. The normalized spacial score (nSPS) is 39.2. The van der Waals surface area contributed by atoms with Crippen LogP contribution in [-0.2, 0) is 4.74 Å². The van der Waals surface area contributed by atoms with Gasteiger partial charge in [0.1, 0.15) is 5.60 Å². The summed E-state index contributed by atoms with van der Waals surface area (Å²) in [5.41, 5.74) is -0.393. The lowest BCUT2D eigenvalue weighted by Crippen LogP contribution is -2.41. The number of hydrogen-bond acceptors (Lipinski definition) is 3. The Balaban J connectivity index is 1.56. The third-order valence-electron chi connectivity index (χ3n) is 5.02. The maximum absolute atomic E-state index is 12.4. The lowest BCUT2D eigenvalue weighted by atomic mass is 9.89. The molecular weight excluding hydrogens is 252 g/mol. The van der Waals surface area contributed by atoms with E-state index in [1.807, 2.05) is 25.7 Å². The minimum atomic E-state index is -0.393. The molecule has 3 aliphatic rings. The van der Waals surface area contributed by atoms with Gasteiger partial charge < -0.3 is 15.0 Å². The fourth-order valence-electron chi connectivity index (χ4n) is 3.84. The van der Waals surface area contributed by atoms with E-state index in [0.717, 1.165) is 37.8 Å². The Morgan fingerprint density at radius 3 is 2.60 bits per heavy atom. The first-order valence-electron chi connectivity index (χ1n) is 8.10. The molecule has 1 aliphatic carbocycles. The van der Waals surface area contributed by atoms with Gasteiger partial charge in [-0.3, -0.25) is 0 Å². The Morgan fingerprint density at radius 1 is 1.30 bits per heavy atom. The first kappa shape index (κ1) is 14.2. The zero-order valence-electron chi connectivity index (χ0n) is 13.2. The van der Waals surface area contributed by atoms with E-state index in [1.165, 1.54) is 6.42 Å². The summed E-state index contributed by atoms with van der Waals surface area (Å²) in [4.78, 5) is 14.4. The van der Waals surface area contributed by atoms with Crippen LogP contribution < -0.4 is 5.32 Å². The first-order valence-corrected chi connectivity index (χ1v) is 8.10. The minimum Gasteiger partial charge on any atom is -0.444 e. The monoisotopic (exact) mass is 280 g/mol. The van der Waals surface area contributed by atoms with Crippen LogP contribution in [-0.4, -0.2) is 41.3 Å². The number of fused-ring (bicyclic) bond motifs is 2. The Bertz CT molecular complexity index is 390. The third-order valence-corrected chi connectivity index (χ3v) is 5.02. The molecule has 1 saturated carbocycles. The highest BCUT2D eigenvalue weighted by atomic mass is 16.6. The van der Waals surface area contributed by atoms with Gasteiger partial charge in [-0.2, -0.15) is 0 Å². The molecule has 1 amide bonds. The molecule has 3 fully saturated rings. The third kappa shape index (κ3) is 2.80. The van der Waals surface area contributed by atoms with Gasteiger partial charge in [0.2, 0.25) is 0 Å². The largest absolute Gasteiger partial charge is 0.444 e. The predicted molar refractivity (Wildman–Crippen MR) is 78.6 cm³/mol. The molecule has 0 spiro atoms. The summed E-state index contributed by atoms with van der Waals surface area (Å²) in [6.45, 7) is 9.18. The van der Waals surface area contributed by atoms with Gasteiger partial charge in [-0.25, -0.2) is 4.79 Å². The Labute approximate surface area is 122 Å². The van der Waals surface area contributed by atoms with Gasteiger partial charge in [0, 0.05) is 24.7 Å². The number of nitrogens with zero attached hydrogens (tertiary/aromatic N) is 1. The van der Waals surface area contributed by atoms with E-state index in [1.54, 1.807) is 0 Å². The summed E-state index contributed by atoms with van der Waals surface area (Å²) in [5.74, 6) is 1.46. The molecule has 20 heavy (non-hydrogen) atoms. The van der Waals surface area contributed by atoms with Crippen molar-refractivity contribution in [3.63, 3.8) is 0 Å². The SMILES string of the molecule is CC1CC1NCC1CC2CCC1N2C(=O)OC(C)(C)C. The Hall–Kier alpha value is -0.770. The topological polar surface area (TPSA) is 41.6 Å². The van der Waals surface area contributed by atoms with Gasteiger partial charge in [-0.05, 0) is 58.3 Å². The molecule has 4 nitrogen and oxygen atoms in total. The fraction of sp³-hybridized carbons (Fsp3) is 0.938. The van der Waals surface area contributed by atoms with Gasteiger partial charge in [0.15, 0.2) is 0 Å². The van der Waals surface area contributed by atoms with Crippen molar-refractivity contribution in [3.8, 4) is 0 Å². The molecule has 5 unspecified atom stereocenters. The molecule has 2 heterocycles. The van der Waals surface area contributed by atoms with Crippen LogP contribution in [0.25, 0.3) is 0 Å². The number of rotatable bonds is 3. The molecule has 2 bridgehead atoms. The van der Waals surface area contributed by atoms with Gasteiger partial charge in [-0.15, -0.1) is 0 Å². The highest BCUT2D eigenvalue weighted by Gasteiger charge is 2.50. The van der Waals surface area contributed by atoms with Crippen molar-refractivity contribution >= 4 is 6.09 Å². The average Bonchev–Trinajstić information content (AvgIpc) is 2.78. The Morgan fingerprint density at radius 2 is 2.00 bits per heavy atom. The number of carbonyl (C=O) groups is 1. The molecule has 3 rings (SSSR count). The molecule has 0 aromatic rings. The van der Waals surface area contributed by atoms with Gasteiger partial charge in [0.05, 0.1) is 0 Å². The van der Waals surface area contributed by atoms with E-state index in [2.05, 4.69) is 12.2 Å². The van der Waals surface area contributed by atoms with Crippen LogP contribution in [0.2, 0.25) is 0 Å². The number of nitrogens with one attached hydrogen (secondary N) is 1. The van der Waals surface area contributed by atoms with E-state index >= 15 is 0 Å². The standard InChI is InChI=1S/C16H28N2O2/c1-10-7-13(10)17-9-11-8-12-5-6-14(11)18(12)15(19)20-16(2,3)4/h10-14,17H,5-9H2,1-4H3. The summed E-state index contributed by atoms with van der Waals surface area (Å²) in [5, 5.41) is 3.66. The molecule has 0 radical (unpaired) electrons. The quantitative estimate of drug-likeness (QED) is 0.864. The summed E-state index contributed by atoms with van der Waals surface area (Å²) >= 11 is 0. The van der Waals surface area contributed by atoms with Crippen LogP contribution >= 0.6 is 0 Å². The Kier molecular flexibility index (Phi) is 3.47. The summed E-state index contributed by atoms with van der Waals surface area (Å²) in [7, 11) is 0. The average molecular weight is 280 g/mol. The van der Waals surface area contributed by atoms with E-state index in [0.29, 0.717) is 18.0 Å². The maximum Gasteiger partial charge on any atom is 0.410 e. The molecule has 5 atom stereocenters. The van der Waals surface area contributed by atoms with Crippen molar-refractivity contribution in [2.24, 2.45) is 11.8 Å². The van der Waals surface area contributed by atoms with Crippen LogP contribution in [0.5, 0.6) is 0 Å². The molecule has 2 saturated heterocycles. The number of amides is 1. The van der Waals surface area contributed by atoms with Crippen LogP contribution in [0.3, 0.4) is 0 Å². The molecular formula is C16H28N2O2. The number of ether oxygens (including phenoxy) is 1. The maximum atomic E-state index is 12.4. The number of hydrogen-bond donors (Lipinski definition) is 1. The van der Waals surface area contributed by atoms with Gasteiger partial charge >= 0.3 is 6.09 Å². The van der Waals surface area contributed by atoms with E-state index in [4.69, 9.17) is 4.74 Å². The van der Waals surface area contributed by atoms with Crippen LogP contribution in [0.15, 0.2) is 0 Å². The second kappa shape index (κ2) is 4.90. The summed E-state index contributed by atoms with van der Waals surface area (Å²) in [6.07, 6.45) is 4.66. The zero-order valence-corrected chi connectivity index (χ0v) is 13.2. The smallest absolute Gasteiger partial charge is 0.410 e. The molecule has 2 aliphatic heterocycles. The lowest BCUT2D eigenvalue weighted by molar-refractivity contribution is 0.0205. The van der Waals surface area contributed by atoms with Crippen molar-refractivity contribution in [2.75, 3.05) is 6.54 Å². The minimum absolute atomic E-state index is 0.104. The van der Waals surface area contributed by atoms with Crippen molar-refractivity contribution in [1.29, 1.82) is 0 Å². The van der Waals surface area contributed by atoms with Gasteiger partial charge in [-0.1, -0.05) is 6.92 Å². The molecule has 1 N–H and O–H groups in total. The van der Waals surface area contributed by atoms with Crippen molar-refractivity contribution < 1.29 is 9.53 Å². The molecule has 4 heteroatoms.